The van der Waals surface area contributed by atoms with Crippen LogP contribution in [0.15, 0.2) is 24.4 Å². The SMILES string of the molecule is CCCn1ncc(OC)c1C(O)Cc1cccc(Cl)c1F. The highest BCUT2D eigenvalue weighted by Crippen LogP contribution is 2.29. The van der Waals surface area contributed by atoms with Crippen LogP contribution in [0.2, 0.25) is 5.02 Å². The number of aliphatic hydroxyl groups excluding tert-OH is 1. The third-order valence-corrected chi connectivity index (χ3v) is 3.55. The molecule has 0 spiro atoms. The standard InChI is InChI=1S/C15H18ClFN2O2/c1-3-7-19-15(13(21-2)9-18-19)12(20)8-10-5-4-6-11(16)14(10)17/h4-6,9,12,20H,3,7-8H2,1-2H3. The first-order valence-electron chi connectivity index (χ1n) is 6.79. The number of hydrogen-bond donors (Lipinski definition) is 1. The highest BCUT2D eigenvalue weighted by atomic mass is 35.5. The summed E-state index contributed by atoms with van der Waals surface area (Å²) in [4.78, 5) is 0. The van der Waals surface area contributed by atoms with Crippen LogP contribution in [0, 0.1) is 5.82 Å². The smallest absolute Gasteiger partial charge is 0.162 e. The maximum atomic E-state index is 13.9. The molecule has 1 unspecified atom stereocenters. The molecule has 0 amide bonds. The summed E-state index contributed by atoms with van der Waals surface area (Å²) in [5.74, 6) is -0.00266. The number of methoxy groups -OCH3 is 1. The Kier molecular flexibility index (Phi) is 5.20. The van der Waals surface area contributed by atoms with Gasteiger partial charge in [-0.15, -0.1) is 0 Å². The Morgan fingerprint density at radius 3 is 2.90 bits per heavy atom. The fourth-order valence-electron chi connectivity index (χ4n) is 2.27. The lowest BCUT2D eigenvalue weighted by molar-refractivity contribution is 0.161. The minimum absolute atomic E-state index is 0.0498. The molecule has 0 radical (unpaired) electrons. The summed E-state index contributed by atoms with van der Waals surface area (Å²) in [6, 6.07) is 4.75. The molecule has 4 nitrogen and oxygen atoms in total. The van der Waals surface area contributed by atoms with E-state index >= 15 is 0 Å². The lowest BCUT2D eigenvalue weighted by Crippen LogP contribution is -2.12. The molecule has 1 aromatic carbocycles. The fraction of sp³-hybridized carbons (Fsp3) is 0.400. The van der Waals surface area contributed by atoms with Crippen LogP contribution in [0.3, 0.4) is 0 Å². The van der Waals surface area contributed by atoms with Crippen LogP contribution in [0.5, 0.6) is 5.75 Å². The molecule has 1 atom stereocenters. The van der Waals surface area contributed by atoms with E-state index in [0.29, 0.717) is 23.6 Å². The van der Waals surface area contributed by atoms with Crippen molar-refractivity contribution in [3.05, 3.63) is 46.5 Å². The minimum atomic E-state index is -0.915. The molecule has 0 fully saturated rings. The van der Waals surface area contributed by atoms with Crippen molar-refractivity contribution >= 4 is 11.6 Å². The molecule has 114 valence electrons. The largest absolute Gasteiger partial charge is 0.493 e. The maximum Gasteiger partial charge on any atom is 0.162 e. The Labute approximate surface area is 128 Å². The average molecular weight is 313 g/mol. The normalized spacial score (nSPS) is 12.4. The zero-order chi connectivity index (χ0) is 15.4. The van der Waals surface area contributed by atoms with Gasteiger partial charge in [-0.05, 0) is 18.1 Å². The minimum Gasteiger partial charge on any atom is -0.493 e. The maximum absolute atomic E-state index is 13.9. The van der Waals surface area contributed by atoms with E-state index in [9.17, 15) is 9.50 Å². The predicted molar refractivity (Wildman–Crippen MR) is 79.1 cm³/mol. The Hall–Kier alpha value is -1.59. The fourth-order valence-corrected chi connectivity index (χ4v) is 2.47. The number of aromatic nitrogens is 2. The number of rotatable bonds is 6. The second kappa shape index (κ2) is 6.91. The van der Waals surface area contributed by atoms with Crippen LogP contribution in [0.1, 0.15) is 30.7 Å². The average Bonchev–Trinajstić information content (AvgIpc) is 2.87. The second-order valence-corrected chi connectivity index (χ2v) is 5.16. The van der Waals surface area contributed by atoms with Crippen molar-refractivity contribution in [2.75, 3.05) is 7.11 Å². The molecule has 0 bridgehead atoms. The molecule has 1 aromatic heterocycles. The molecule has 0 saturated heterocycles. The van der Waals surface area contributed by atoms with Crippen LogP contribution >= 0.6 is 11.6 Å². The molecule has 0 saturated carbocycles. The van der Waals surface area contributed by atoms with Gasteiger partial charge in [0.1, 0.15) is 17.6 Å². The summed E-state index contributed by atoms with van der Waals surface area (Å²) in [7, 11) is 1.52. The van der Waals surface area contributed by atoms with Crippen LogP contribution in [-0.2, 0) is 13.0 Å². The number of hydrogen-bond acceptors (Lipinski definition) is 3. The Morgan fingerprint density at radius 2 is 2.24 bits per heavy atom. The predicted octanol–water partition coefficient (Wildman–Crippen LogP) is 3.37. The zero-order valence-corrected chi connectivity index (χ0v) is 12.8. The lowest BCUT2D eigenvalue weighted by atomic mass is 10.0. The number of aryl methyl sites for hydroxylation is 1. The second-order valence-electron chi connectivity index (χ2n) is 4.75. The van der Waals surface area contributed by atoms with E-state index < -0.39 is 11.9 Å². The Morgan fingerprint density at radius 1 is 1.48 bits per heavy atom. The molecule has 0 aliphatic heterocycles. The highest BCUT2D eigenvalue weighted by Gasteiger charge is 2.21. The van der Waals surface area contributed by atoms with Gasteiger partial charge in [-0.25, -0.2) is 4.39 Å². The van der Waals surface area contributed by atoms with E-state index in [0.717, 1.165) is 6.42 Å². The summed E-state index contributed by atoms with van der Waals surface area (Å²) in [5, 5.41) is 14.7. The van der Waals surface area contributed by atoms with Crippen molar-refractivity contribution in [1.29, 1.82) is 0 Å². The molecule has 2 aromatic rings. The number of aliphatic hydroxyl groups is 1. The Bertz CT molecular complexity index is 616. The Balaban J connectivity index is 2.29. The highest BCUT2D eigenvalue weighted by molar-refractivity contribution is 6.30. The van der Waals surface area contributed by atoms with Crippen LogP contribution in [-0.4, -0.2) is 22.0 Å². The van der Waals surface area contributed by atoms with Crippen molar-refractivity contribution in [1.82, 2.24) is 9.78 Å². The van der Waals surface area contributed by atoms with Gasteiger partial charge in [-0.2, -0.15) is 5.10 Å². The van der Waals surface area contributed by atoms with Crippen molar-refractivity contribution in [2.24, 2.45) is 0 Å². The third kappa shape index (κ3) is 3.36. The van der Waals surface area contributed by atoms with Gasteiger partial charge in [0.25, 0.3) is 0 Å². The molecule has 1 N–H and O–H groups in total. The van der Waals surface area contributed by atoms with Crippen LogP contribution in [0.4, 0.5) is 4.39 Å². The van der Waals surface area contributed by atoms with E-state index in [1.165, 1.54) is 13.2 Å². The first-order chi connectivity index (χ1) is 10.1. The summed E-state index contributed by atoms with van der Waals surface area (Å²) in [6.45, 7) is 2.68. The van der Waals surface area contributed by atoms with Gasteiger partial charge in [0.2, 0.25) is 0 Å². The van der Waals surface area contributed by atoms with E-state index in [1.54, 1.807) is 23.0 Å². The molecule has 2 rings (SSSR count). The summed E-state index contributed by atoms with van der Waals surface area (Å²) in [5.41, 5.74) is 0.917. The monoisotopic (exact) mass is 312 g/mol. The van der Waals surface area contributed by atoms with Gasteiger partial charge in [0.05, 0.1) is 18.3 Å². The summed E-state index contributed by atoms with van der Waals surface area (Å²) < 4.78 is 20.8. The summed E-state index contributed by atoms with van der Waals surface area (Å²) >= 11 is 5.76. The molecule has 0 aliphatic carbocycles. The van der Waals surface area contributed by atoms with Gasteiger partial charge in [0.15, 0.2) is 5.75 Å². The number of halogens is 2. The molecular weight excluding hydrogens is 295 g/mol. The number of ether oxygens (including phenoxy) is 1. The molecule has 0 aliphatic rings. The molecule has 1 heterocycles. The van der Waals surface area contributed by atoms with Gasteiger partial charge in [-0.3, -0.25) is 4.68 Å². The van der Waals surface area contributed by atoms with Gasteiger partial charge in [0, 0.05) is 13.0 Å². The van der Waals surface area contributed by atoms with E-state index in [-0.39, 0.29) is 11.4 Å². The van der Waals surface area contributed by atoms with Crippen molar-refractivity contribution in [3.63, 3.8) is 0 Å². The van der Waals surface area contributed by atoms with E-state index in [4.69, 9.17) is 16.3 Å². The topological polar surface area (TPSA) is 47.3 Å². The van der Waals surface area contributed by atoms with E-state index in [2.05, 4.69) is 5.10 Å². The number of benzene rings is 1. The summed E-state index contributed by atoms with van der Waals surface area (Å²) in [6.07, 6.45) is 1.62. The van der Waals surface area contributed by atoms with Gasteiger partial charge < -0.3 is 9.84 Å². The third-order valence-electron chi connectivity index (χ3n) is 3.26. The molecule has 6 heteroatoms. The van der Waals surface area contributed by atoms with Gasteiger partial charge in [-0.1, -0.05) is 30.7 Å². The van der Waals surface area contributed by atoms with Crippen LogP contribution < -0.4 is 4.74 Å². The van der Waals surface area contributed by atoms with Crippen molar-refractivity contribution in [2.45, 2.75) is 32.4 Å². The lowest BCUT2D eigenvalue weighted by Gasteiger charge is -2.15. The first-order valence-corrected chi connectivity index (χ1v) is 7.16. The molecular formula is C15H18ClFN2O2. The number of nitrogens with zero attached hydrogens (tertiary/aromatic N) is 2. The first kappa shape index (κ1) is 15.8. The van der Waals surface area contributed by atoms with Gasteiger partial charge >= 0.3 is 0 Å². The van der Waals surface area contributed by atoms with Crippen molar-refractivity contribution < 1.29 is 14.2 Å². The van der Waals surface area contributed by atoms with Crippen molar-refractivity contribution in [3.8, 4) is 5.75 Å². The van der Waals surface area contributed by atoms with Crippen LogP contribution in [0.25, 0.3) is 0 Å². The van der Waals surface area contributed by atoms with E-state index in [1.807, 2.05) is 6.92 Å². The molecule has 21 heavy (non-hydrogen) atoms. The zero-order valence-electron chi connectivity index (χ0n) is 12.0. The quantitative estimate of drug-likeness (QED) is 0.889.